The van der Waals surface area contributed by atoms with Crippen LogP contribution in [-0.2, 0) is 9.84 Å². The van der Waals surface area contributed by atoms with Gasteiger partial charge in [0.2, 0.25) is 0 Å². The van der Waals surface area contributed by atoms with Crippen LogP contribution in [0.1, 0.15) is 6.92 Å². The van der Waals surface area contributed by atoms with Crippen LogP contribution in [0.25, 0.3) is 0 Å². The Morgan fingerprint density at radius 1 is 1.25 bits per heavy atom. The summed E-state index contributed by atoms with van der Waals surface area (Å²) in [6.07, 6.45) is 4.38. The second-order valence-electron chi connectivity index (χ2n) is 3.38. The number of hydrogen-bond acceptors (Lipinski definition) is 6. The van der Waals surface area contributed by atoms with E-state index in [0.717, 1.165) is 6.54 Å². The molecule has 90 valence electrons. The van der Waals surface area contributed by atoms with Crippen molar-refractivity contribution in [2.24, 2.45) is 0 Å². The third-order valence-corrected chi connectivity index (χ3v) is 2.72. The van der Waals surface area contributed by atoms with Gasteiger partial charge in [-0.25, -0.2) is 13.4 Å². The van der Waals surface area contributed by atoms with Crippen LogP contribution in [0.2, 0.25) is 0 Å². The number of nitrogens with zero attached hydrogens (tertiary/aromatic N) is 2. The van der Waals surface area contributed by atoms with Gasteiger partial charge in [0.15, 0.2) is 0 Å². The van der Waals surface area contributed by atoms with Gasteiger partial charge in [0.1, 0.15) is 21.5 Å². The molecule has 1 rings (SSSR count). The van der Waals surface area contributed by atoms with Crippen molar-refractivity contribution in [3.8, 4) is 0 Å². The summed E-state index contributed by atoms with van der Waals surface area (Å²) < 4.78 is 21.8. The maximum Gasteiger partial charge on any atom is 0.149 e. The average Bonchev–Trinajstić information content (AvgIpc) is 2.17. The predicted molar refractivity (Wildman–Crippen MR) is 64.4 cm³/mol. The Morgan fingerprint density at radius 3 is 2.44 bits per heavy atom. The highest BCUT2D eigenvalue weighted by molar-refractivity contribution is 7.90. The van der Waals surface area contributed by atoms with Gasteiger partial charge in [0, 0.05) is 19.3 Å². The van der Waals surface area contributed by atoms with Gasteiger partial charge in [-0.2, -0.15) is 0 Å². The molecule has 0 saturated heterocycles. The van der Waals surface area contributed by atoms with E-state index in [9.17, 15) is 8.42 Å². The van der Waals surface area contributed by atoms with Crippen LogP contribution in [0.15, 0.2) is 12.4 Å². The zero-order chi connectivity index (χ0) is 12.0. The number of sulfone groups is 1. The third-order valence-electron chi connectivity index (χ3n) is 1.77. The molecule has 0 saturated carbocycles. The SMILES string of the molecule is CCNc1cncc(NCCS(C)(=O)=O)n1. The lowest BCUT2D eigenvalue weighted by Crippen LogP contribution is -2.15. The normalized spacial score (nSPS) is 11.1. The molecule has 0 aromatic carbocycles. The highest BCUT2D eigenvalue weighted by atomic mass is 32.2. The summed E-state index contributed by atoms with van der Waals surface area (Å²) in [4.78, 5) is 8.18. The van der Waals surface area contributed by atoms with E-state index < -0.39 is 9.84 Å². The topological polar surface area (TPSA) is 84.0 Å². The smallest absolute Gasteiger partial charge is 0.149 e. The fourth-order valence-electron chi connectivity index (χ4n) is 1.08. The Bertz CT molecular complexity index is 433. The maximum absolute atomic E-state index is 10.9. The summed E-state index contributed by atoms with van der Waals surface area (Å²) in [5.41, 5.74) is 0. The van der Waals surface area contributed by atoms with E-state index in [4.69, 9.17) is 0 Å². The molecule has 0 bridgehead atoms. The van der Waals surface area contributed by atoms with Crippen molar-refractivity contribution < 1.29 is 8.42 Å². The molecule has 0 fully saturated rings. The highest BCUT2D eigenvalue weighted by Gasteiger charge is 2.02. The first-order valence-electron chi connectivity index (χ1n) is 4.99. The molecule has 7 heteroatoms. The van der Waals surface area contributed by atoms with E-state index >= 15 is 0 Å². The zero-order valence-electron chi connectivity index (χ0n) is 9.40. The van der Waals surface area contributed by atoms with Crippen LogP contribution in [0.4, 0.5) is 11.6 Å². The van der Waals surface area contributed by atoms with Crippen molar-refractivity contribution >= 4 is 21.5 Å². The Labute approximate surface area is 95.4 Å². The summed E-state index contributed by atoms with van der Waals surface area (Å²) in [5, 5.41) is 5.93. The first-order chi connectivity index (χ1) is 7.51. The summed E-state index contributed by atoms with van der Waals surface area (Å²) in [7, 11) is -2.94. The van der Waals surface area contributed by atoms with Gasteiger partial charge in [0.25, 0.3) is 0 Å². The van der Waals surface area contributed by atoms with Crippen LogP contribution >= 0.6 is 0 Å². The van der Waals surface area contributed by atoms with Gasteiger partial charge in [-0.05, 0) is 6.92 Å². The van der Waals surface area contributed by atoms with Crippen molar-refractivity contribution in [3.63, 3.8) is 0 Å². The molecule has 0 unspecified atom stereocenters. The summed E-state index contributed by atoms with van der Waals surface area (Å²) in [5.74, 6) is 1.33. The van der Waals surface area contributed by atoms with Gasteiger partial charge in [-0.3, -0.25) is 4.98 Å². The lowest BCUT2D eigenvalue weighted by atomic mass is 10.5. The minimum atomic E-state index is -2.94. The molecule has 0 aliphatic carbocycles. The Morgan fingerprint density at radius 2 is 1.88 bits per heavy atom. The van der Waals surface area contributed by atoms with Crippen LogP contribution < -0.4 is 10.6 Å². The number of nitrogens with one attached hydrogen (secondary N) is 2. The quantitative estimate of drug-likeness (QED) is 0.752. The Kier molecular flexibility index (Phi) is 4.48. The maximum atomic E-state index is 10.9. The van der Waals surface area contributed by atoms with Gasteiger partial charge >= 0.3 is 0 Å². The molecule has 16 heavy (non-hydrogen) atoms. The van der Waals surface area contributed by atoms with Crippen LogP contribution in [0.5, 0.6) is 0 Å². The van der Waals surface area contributed by atoms with Crippen molar-refractivity contribution in [1.29, 1.82) is 0 Å². The van der Waals surface area contributed by atoms with E-state index in [1.165, 1.54) is 6.26 Å². The monoisotopic (exact) mass is 244 g/mol. The molecule has 0 aliphatic heterocycles. The molecule has 1 heterocycles. The molecule has 0 atom stereocenters. The molecule has 0 spiro atoms. The molecular weight excluding hydrogens is 228 g/mol. The summed E-state index contributed by atoms with van der Waals surface area (Å²) >= 11 is 0. The molecule has 2 N–H and O–H groups in total. The highest BCUT2D eigenvalue weighted by Crippen LogP contribution is 2.05. The third kappa shape index (κ3) is 4.92. The van der Waals surface area contributed by atoms with Crippen LogP contribution in [-0.4, -0.2) is 43.5 Å². The van der Waals surface area contributed by atoms with Crippen molar-refractivity contribution in [3.05, 3.63) is 12.4 Å². The molecule has 1 aromatic rings. The number of rotatable bonds is 6. The fraction of sp³-hybridized carbons (Fsp3) is 0.556. The van der Waals surface area contributed by atoms with Crippen molar-refractivity contribution in [2.45, 2.75) is 6.92 Å². The summed E-state index contributed by atoms with van der Waals surface area (Å²) in [6, 6.07) is 0. The van der Waals surface area contributed by atoms with Gasteiger partial charge in [-0.15, -0.1) is 0 Å². The van der Waals surface area contributed by atoms with Gasteiger partial charge in [0.05, 0.1) is 18.1 Å². The van der Waals surface area contributed by atoms with E-state index in [1.54, 1.807) is 12.4 Å². The van der Waals surface area contributed by atoms with E-state index in [1.807, 2.05) is 6.92 Å². The first-order valence-corrected chi connectivity index (χ1v) is 7.05. The lowest BCUT2D eigenvalue weighted by Gasteiger charge is -2.06. The Hall–Kier alpha value is -1.37. The van der Waals surface area contributed by atoms with Crippen molar-refractivity contribution in [2.75, 3.05) is 35.7 Å². The van der Waals surface area contributed by atoms with Gasteiger partial charge in [-0.1, -0.05) is 0 Å². The molecule has 1 aromatic heterocycles. The van der Waals surface area contributed by atoms with Crippen LogP contribution in [0, 0.1) is 0 Å². The average molecular weight is 244 g/mol. The minimum absolute atomic E-state index is 0.0834. The largest absolute Gasteiger partial charge is 0.369 e. The molecule has 0 radical (unpaired) electrons. The summed E-state index contributed by atoms with van der Waals surface area (Å²) in [6.45, 7) is 3.07. The van der Waals surface area contributed by atoms with E-state index in [2.05, 4.69) is 20.6 Å². The second kappa shape index (κ2) is 5.64. The molecule has 6 nitrogen and oxygen atoms in total. The molecule has 0 amide bonds. The van der Waals surface area contributed by atoms with Gasteiger partial charge < -0.3 is 10.6 Å². The van der Waals surface area contributed by atoms with Crippen molar-refractivity contribution in [1.82, 2.24) is 9.97 Å². The zero-order valence-corrected chi connectivity index (χ0v) is 10.2. The lowest BCUT2D eigenvalue weighted by molar-refractivity contribution is 0.602. The Balaban J connectivity index is 2.51. The minimum Gasteiger partial charge on any atom is -0.369 e. The van der Waals surface area contributed by atoms with Crippen LogP contribution in [0.3, 0.4) is 0 Å². The molecule has 0 aliphatic rings. The fourth-order valence-corrected chi connectivity index (χ4v) is 1.55. The number of anilines is 2. The standard InChI is InChI=1S/C9H16N4O2S/c1-3-11-8-6-10-7-9(13-8)12-4-5-16(2,14)15/h6-7H,3-5H2,1-2H3,(H2,11,12,13). The van der Waals surface area contributed by atoms with E-state index in [-0.39, 0.29) is 5.75 Å². The first kappa shape index (κ1) is 12.7. The second-order valence-corrected chi connectivity index (χ2v) is 5.64. The van der Waals surface area contributed by atoms with E-state index in [0.29, 0.717) is 18.2 Å². The number of hydrogen-bond donors (Lipinski definition) is 2. The predicted octanol–water partition coefficient (Wildman–Crippen LogP) is 0.365. The molecular formula is C9H16N4O2S. The number of aromatic nitrogens is 2.